The van der Waals surface area contributed by atoms with Crippen LogP contribution in [-0.2, 0) is 11.2 Å². The maximum absolute atomic E-state index is 11.9. The number of nitrogens with one attached hydrogen (secondary N) is 1. The van der Waals surface area contributed by atoms with E-state index in [9.17, 15) is 4.79 Å². The van der Waals surface area contributed by atoms with Crippen LogP contribution in [0.15, 0.2) is 9.72 Å². The highest BCUT2D eigenvalue weighted by atomic mass is 32.2. The van der Waals surface area contributed by atoms with E-state index in [2.05, 4.69) is 29.2 Å². The Kier molecular flexibility index (Phi) is 6.99. The molecule has 118 valence electrons. The number of carbonyl (C=O) groups excluding carboxylic acids is 1. The zero-order valence-corrected chi connectivity index (χ0v) is 14.6. The molecule has 1 aromatic rings. The summed E-state index contributed by atoms with van der Waals surface area (Å²) in [5.74, 6) is 1.11. The van der Waals surface area contributed by atoms with Crippen LogP contribution in [0.3, 0.4) is 0 Å². The molecule has 21 heavy (non-hydrogen) atoms. The zero-order valence-electron chi connectivity index (χ0n) is 12.9. The number of nitrogens with zero attached hydrogens (tertiary/aromatic N) is 2. The van der Waals surface area contributed by atoms with E-state index in [0.29, 0.717) is 12.5 Å². The molecular formula is C15H25N3OS2. The number of thioether (sulfide) groups is 1. The number of hydrogen-bond acceptors (Lipinski definition) is 5. The van der Waals surface area contributed by atoms with Gasteiger partial charge in [-0.3, -0.25) is 4.79 Å². The first kappa shape index (κ1) is 16.8. The van der Waals surface area contributed by atoms with E-state index in [0.717, 1.165) is 28.8 Å². The smallest absolute Gasteiger partial charge is 0.226 e. The van der Waals surface area contributed by atoms with Crippen LogP contribution in [-0.4, -0.2) is 47.7 Å². The Bertz CT molecular complexity index is 450. The van der Waals surface area contributed by atoms with Crippen molar-refractivity contribution in [3.63, 3.8) is 0 Å². The standard InChI is InChI=1S/C15H25N3OS2/c1-3-20-15-17-12(11-21-15)10-14(19)16-8-7-13-6-4-5-9-18(13)2/h11,13H,3-10H2,1-2H3,(H,16,19)/t13-/m1/s1. The number of thiazole rings is 1. The second-order valence-corrected chi connectivity index (χ2v) is 7.85. The fourth-order valence-corrected chi connectivity index (χ4v) is 4.42. The van der Waals surface area contributed by atoms with Crippen LogP contribution in [0.25, 0.3) is 0 Å². The molecule has 1 amide bonds. The lowest BCUT2D eigenvalue weighted by molar-refractivity contribution is -0.120. The molecule has 2 heterocycles. The van der Waals surface area contributed by atoms with Gasteiger partial charge in [0.05, 0.1) is 12.1 Å². The minimum Gasteiger partial charge on any atom is -0.356 e. The molecule has 1 atom stereocenters. The summed E-state index contributed by atoms with van der Waals surface area (Å²) < 4.78 is 1.06. The monoisotopic (exact) mass is 327 g/mol. The van der Waals surface area contributed by atoms with Crippen molar-refractivity contribution in [3.05, 3.63) is 11.1 Å². The van der Waals surface area contributed by atoms with Crippen LogP contribution < -0.4 is 5.32 Å². The van der Waals surface area contributed by atoms with E-state index in [-0.39, 0.29) is 5.91 Å². The Morgan fingerprint density at radius 3 is 3.19 bits per heavy atom. The first-order chi connectivity index (χ1) is 10.2. The second-order valence-electron chi connectivity index (χ2n) is 5.48. The summed E-state index contributed by atoms with van der Waals surface area (Å²) in [4.78, 5) is 18.8. The average molecular weight is 328 g/mol. The highest BCUT2D eigenvalue weighted by molar-refractivity contribution is 8.00. The SMILES string of the molecule is CCSc1nc(CC(=O)NCC[C@H]2CCCCN2C)cs1. The predicted octanol–water partition coefficient (Wildman–Crippen LogP) is 2.79. The summed E-state index contributed by atoms with van der Waals surface area (Å²) >= 11 is 3.36. The first-order valence-electron chi connectivity index (χ1n) is 7.73. The fourth-order valence-electron chi connectivity index (χ4n) is 2.67. The molecule has 0 aliphatic carbocycles. The fraction of sp³-hybridized carbons (Fsp3) is 0.733. The van der Waals surface area contributed by atoms with Crippen molar-refractivity contribution < 1.29 is 4.79 Å². The van der Waals surface area contributed by atoms with Crippen molar-refractivity contribution in [2.45, 2.75) is 49.4 Å². The summed E-state index contributed by atoms with van der Waals surface area (Å²) in [6, 6.07) is 0.630. The van der Waals surface area contributed by atoms with E-state index in [1.165, 1.54) is 25.8 Å². The van der Waals surface area contributed by atoms with Gasteiger partial charge in [-0.15, -0.1) is 11.3 Å². The number of rotatable bonds is 7. The Labute approximate surface area is 135 Å². The normalized spacial score (nSPS) is 19.6. The van der Waals surface area contributed by atoms with Gasteiger partial charge in [0.15, 0.2) is 0 Å². The van der Waals surface area contributed by atoms with E-state index < -0.39 is 0 Å². The highest BCUT2D eigenvalue weighted by Gasteiger charge is 2.18. The van der Waals surface area contributed by atoms with Crippen LogP contribution in [0.4, 0.5) is 0 Å². The van der Waals surface area contributed by atoms with Gasteiger partial charge >= 0.3 is 0 Å². The van der Waals surface area contributed by atoms with Crippen LogP contribution in [0, 0.1) is 0 Å². The van der Waals surface area contributed by atoms with Crippen LogP contribution in [0.5, 0.6) is 0 Å². The van der Waals surface area contributed by atoms with Crippen molar-refractivity contribution in [3.8, 4) is 0 Å². The Morgan fingerprint density at radius 1 is 1.57 bits per heavy atom. The number of likely N-dealkylation sites (tertiary alicyclic amines) is 1. The molecule has 0 aromatic carbocycles. The van der Waals surface area contributed by atoms with E-state index in [4.69, 9.17) is 0 Å². The van der Waals surface area contributed by atoms with Crippen molar-refractivity contribution >= 4 is 29.0 Å². The molecule has 2 rings (SSSR count). The molecule has 0 unspecified atom stereocenters. The van der Waals surface area contributed by atoms with E-state index >= 15 is 0 Å². The number of hydrogen-bond donors (Lipinski definition) is 1. The molecule has 1 fully saturated rings. The second kappa shape index (κ2) is 8.76. The molecule has 0 saturated carbocycles. The third-order valence-corrected chi connectivity index (χ3v) is 5.81. The minimum atomic E-state index is 0.0896. The van der Waals surface area contributed by atoms with Gasteiger partial charge in [0, 0.05) is 18.0 Å². The van der Waals surface area contributed by atoms with Gasteiger partial charge < -0.3 is 10.2 Å². The average Bonchev–Trinajstić information content (AvgIpc) is 2.88. The van der Waals surface area contributed by atoms with Crippen LogP contribution >= 0.6 is 23.1 Å². The number of carbonyl (C=O) groups is 1. The third kappa shape index (κ3) is 5.60. The quantitative estimate of drug-likeness (QED) is 0.782. The van der Waals surface area contributed by atoms with Crippen LogP contribution in [0.2, 0.25) is 0 Å². The molecule has 0 spiro atoms. The molecule has 1 aliphatic heterocycles. The van der Waals surface area contributed by atoms with Gasteiger partial charge in [0.1, 0.15) is 4.34 Å². The lowest BCUT2D eigenvalue weighted by Crippen LogP contribution is -2.39. The Hall–Kier alpha value is -0.590. The Morgan fingerprint density at radius 2 is 2.43 bits per heavy atom. The number of aromatic nitrogens is 1. The Balaban J connectivity index is 1.67. The largest absolute Gasteiger partial charge is 0.356 e. The molecule has 4 nitrogen and oxygen atoms in total. The third-order valence-electron chi connectivity index (χ3n) is 3.86. The lowest BCUT2D eigenvalue weighted by Gasteiger charge is -2.32. The van der Waals surface area contributed by atoms with Crippen molar-refractivity contribution in [1.29, 1.82) is 0 Å². The lowest BCUT2D eigenvalue weighted by atomic mass is 10.0. The van der Waals surface area contributed by atoms with Gasteiger partial charge in [-0.05, 0) is 38.6 Å². The van der Waals surface area contributed by atoms with E-state index in [1.54, 1.807) is 23.1 Å². The van der Waals surface area contributed by atoms with Crippen molar-refractivity contribution in [2.24, 2.45) is 0 Å². The molecule has 1 saturated heterocycles. The summed E-state index contributed by atoms with van der Waals surface area (Å²) in [5.41, 5.74) is 0.892. The molecule has 0 radical (unpaired) electrons. The topological polar surface area (TPSA) is 45.2 Å². The maximum Gasteiger partial charge on any atom is 0.226 e. The van der Waals surface area contributed by atoms with Crippen LogP contribution in [0.1, 0.15) is 38.3 Å². The molecule has 0 bridgehead atoms. The minimum absolute atomic E-state index is 0.0896. The maximum atomic E-state index is 11.9. The zero-order chi connectivity index (χ0) is 15.1. The summed E-state index contributed by atoms with van der Waals surface area (Å²) in [6.07, 6.45) is 5.34. The van der Waals surface area contributed by atoms with Gasteiger partial charge in [-0.2, -0.15) is 0 Å². The van der Waals surface area contributed by atoms with Gasteiger partial charge in [0.2, 0.25) is 5.91 Å². The number of amides is 1. The first-order valence-corrected chi connectivity index (χ1v) is 9.59. The summed E-state index contributed by atoms with van der Waals surface area (Å²) in [5, 5.41) is 5.03. The molecule has 1 aliphatic rings. The van der Waals surface area contributed by atoms with Gasteiger partial charge in [0.25, 0.3) is 0 Å². The van der Waals surface area contributed by atoms with Gasteiger partial charge in [-0.25, -0.2) is 4.98 Å². The van der Waals surface area contributed by atoms with E-state index in [1.807, 2.05) is 5.38 Å². The molecular weight excluding hydrogens is 302 g/mol. The predicted molar refractivity (Wildman–Crippen MR) is 90.1 cm³/mol. The summed E-state index contributed by atoms with van der Waals surface area (Å²) in [7, 11) is 2.19. The van der Waals surface area contributed by atoms with Crippen molar-refractivity contribution in [2.75, 3.05) is 25.9 Å². The molecule has 1 N–H and O–H groups in total. The summed E-state index contributed by atoms with van der Waals surface area (Å²) in [6.45, 7) is 4.07. The highest BCUT2D eigenvalue weighted by Crippen LogP contribution is 2.22. The molecule has 6 heteroatoms. The van der Waals surface area contributed by atoms with Crippen molar-refractivity contribution in [1.82, 2.24) is 15.2 Å². The number of piperidine rings is 1. The molecule has 1 aromatic heterocycles. The van der Waals surface area contributed by atoms with Gasteiger partial charge in [-0.1, -0.05) is 25.1 Å².